The number of imidazole rings is 1. The van der Waals surface area contributed by atoms with Crippen LogP contribution in [-0.2, 0) is 6.42 Å². The second kappa shape index (κ2) is 5.73. The number of rotatable bonds is 3. The van der Waals surface area contributed by atoms with Gasteiger partial charge in [-0.25, -0.2) is 9.78 Å². The van der Waals surface area contributed by atoms with Crippen molar-refractivity contribution in [3.8, 4) is 5.75 Å². The van der Waals surface area contributed by atoms with Gasteiger partial charge in [0.15, 0.2) is 5.75 Å². The Bertz CT molecular complexity index is 659. The van der Waals surface area contributed by atoms with E-state index in [1.54, 1.807) is 0 Å². The fraction of sp³-hybridized carbons (Fsp3) is 0.467. The summed E-state index contributed by atoms with van der Waals surface area (Å²) in [7, 11) is 0. The number of H-pyrrole nitrogens is 1. The molecule has 3 rings (SSSR count). The third-order valence-corrected chi connectivity index (χ3v) is 3.97. The molecule has 0 spiro atoms. The summed E-state index contributed by atoms with van der Waals surface area (Å²) in [6.07, 6.45) is 2.17. The standard InChI is InChI=1S/C15H20N4O2/c1-2-9-7-11-13(12(8-9)21-15(16)20)19-14(18-11)10-3-5-17-6-4-10/h7-8,10,17H,2-6H2,1H3,(H2,16,20)(H,18,19). The highest BCUT2D eigenvalue weighted by molar-refractivity contribution is 5.85. The lowest BCUT2D eigenvalue weighted by Crippen LogP contribution is -2.27. The van der Waals surface area contributed by atoms with Crippen molar-refractivity contribution >= 4 is 17.1 Å². The van der Waals surface area contributed by atoms with Crippen LogP contribution in [0.2, 0.25) is 0 Å². The molecular weight excluding hydrogens is 268 g/mol. The summed E-state index contributed by atoms with van der Waals surface area (Å²) in [5.74, 6) is 1.83. The number of nitrogens with two attached hydrogens (primary N) is 1. The molecule has 1 aromatic heterocycles. The number of amides is 1. The number of carbonyl (C=O) groups excluding carboxylic acids is 1. The van der Waals surface area contributed by atoms with Crippen molar-refractivity contribution < 1.29 is 9.53 Å². The van der Waals surface area contributed by atoms with Gasteiger partial charge in [0, 0.05) is 5.92 Å². The largest absolute Gasteiger partial charge is 0.410 e. The molecule has 1 saturated heterocycles. The first kappa shape index (κ1) is 13.9. The van der Waals surface area contributed by atoms with E-state index in [-0.39, 0.29) is 0 Å². The van der Waals surface area contributed by atoms with Gasteiger partial charge >= 0.3 is 6.09 Å². The van der Waals surface area contributed by atoms with Crippen molar-refractivity contribution in [2.45, 2.75) is 32.1 Å². The van der Waals surface area contributed by atoms with E-state index in [0.717, 1.165) is 49.3 Å². The topological polar surface area (TPSA) is 93.0 Å². The Morgan fingerprint density at radius 3 is 2.86 bits per heavy atom. The van der Waals surface area contributed by atoms with Gasteiger partial charge in [-0.3, -0.25) is 0 Å². The maximum Gasteiger partial charge on any atom is 0.410 e. The molecule has 1 amide bonds. The van der Waals surface area contributed by atoms with E-state index in [1.165, 1.54) is 0 Å². The van der Waals surface area contributed by atoms with Crippen LogP contribution in [0.5, 0.6) is 5.75 Å². The van der Waals surface area contributed by atoms with E-state index >= 15 is 0 Å². The van der Waals surface area contributed by atoms with Gasteiger partial charge in [0.25, 0.3) is 0 Å². The predicted octanol–water partition coefficient (Wildman–Crippen LogP) is 2.05. The van der Waals surface area contributed by atoms with Gasteiger partial charge in [-0.15, -0.1) is 0 Å². The summed E-state index contributed by atoms with van der Waals surface area (Å²) in [6, 6.07) is 3.89. The number of nitrogens with zero attached hydrogens (tertiary/aromatic N) is 1. The molecule has 4 N–H and O–H groups in total. The predicted molar refractivity (Wildman–Crippen MR) is 80.5 cm³/mol. The highest BCUT2D eigenvalue weighted by atomic mass is 16.5. The molecule has 112 valence electrons. The number of aryl methyl sites for hydroxylation is 1. The third kappa shape index (κ3) is 2.85. The van der Waals surface area contributed by atoms with Crippen LogP contribution in [0.3, 0.4) is 0 Å². The number of aromatic nitrogens is 2. The number of primary amides is 1. The SMILES string of the molecule is CCc1cc(OC(N)=O)c2nc(C3CCNCC3)[nH]c2c1. The van der Waals surface area contributed by atoms with Crippen molar-refractivity contribution in [1.82, 2.24) is 15.3 Å². The molecule has 2 heterocycles. The van der Waals surface area contributed by atoms with E-state index in [9.17, 15) is 4.79 Å². The number of benzene rings is 1. The van der Waals surface area contributed by atoms with Gasteiger partial charge in [0.1, 0.15) is 11.3 Å². The summed E-state index contributed by atoms with van der Waals surface area (Å²) in [5, 5.41) is 3.35. The summed E-state index contributed by atoms with van der Waals surface area (Å²) in [4.78, 5) is 19.1. The maximum absolute atomic E-state index is 11.1. The Morgan fingerprint density at radius 1 is 1.43 bits per heavy atom. The van der Waals surface area contributed by atoms with E-state index in [4.69, 9.17) is 10.5 Å². The van der Waals surface area contributed by atoms with Gasteiger partial charge in [-0.05, 0) is 50.0 Å². The molecule has 0 atom stereocenters. The zero-order chi connectivity index (χ0) is 14.8. The van der Waals surface area contributed by atoms with Crippen molar-refractivity contribution in [1.29, 1.82) is 0 Å². The van der Waals surface area contributed by atoms with Gasteiger partial charge in [-0.1, -0.05) is 6.92 Å². The molecule has 1 aromatic carbocycles. The first-order chi connectivity index (χ1) is 10.2. The lowest BCUT2D eigenvalue weighted by molar-refractivity contribution is 0.211. The smallest absolute Gasteiger partial charge is 0.408 e. The van der Waals surface area contributed by atoms with E-state index in [2.05, 4.69) is 28.3 Å². The van der Waals surface area contributed by atoms with Crippen LogP contribution in [0.15, 0.2) is 12.1 Å². The highest BCUT2D eigenvalue weighted by Gasteiger charge is 2.20. The third-order valence-electron chi connectivity index (χ3n) is 3.97. The number of carbonyl (C=O) groups is 1. The fourth-order valence-corrected chi connectivity index (χ4v) is 2.84. The first-order valence-corrected chi connectivity index (χ1v) is 7.38. The number of ether oxygens (including phenoxy) is 1. The number of hydrogen-bond donors (Lipinski definition) is 3. The molecular formula is C15H20N4O2. The molecule has 0 saturated carbocycles. The molecule has 1 aliphatic heterocycles. The molecule has 21 heavy (non-hydrogen) atoms. The molecule has 0 aliphatic carbocycles. The number of hydrogen-bond acceptors (Lipinski definition) is 4. The first-order valence-electron chi connectivity index (χ1n) is 7.38. The average molecular weight is 288 g/mol. The molecule has 6 heteroatoms. The Morgan fingerprint density at radius 2 is 2.19 bits per heavy atom. The molecule has 0 radical (unpaired) electrons. The lowest BCUT2D eigenvalue weighted by Gasteiger charge is -2.20. The van der Waals surface area contributed by atoms with Crippen LogP contribution >= 0.6 is 0 Å². The van der Waals surface area contributed by atoms with Crippen molar-refractivity contribution in [3.05, 3.63) is 23.5 Å². The van der Waals surface area contributed by atoms with Crippen LogP contribution in [0.4, 0.5) is 4.79 Å². The fourth-order valence-electron chi connectivity index (χ4n) is 2.84. The van der Waals surface area contributed by atoms with Crippen LogP contribution in [0, 0.1) is 0 Å². The van der Waals surface area contributed by atoms with Gasteiger partial charge in [0.05, 0.1) is 5.52 Å². The highest BCUT2D eigenvalue weighted by Crippen LogP contribution is 2.30. The maximum atomic E-state index is 11.1. The summed E-state index contributed by atoms with van der Waals surface area (Å²) < 4.78 is 5.11. The minimum atomic E-state index is -0.809. The number of fused-ring (bicyclic) bond motifs is 1. The van der Waals surface area contributed by atoms with E-state index in [1.807, 2.05) is 6.07 Å². The second-order valence-electron chi connectivity index (χ2n) is 5.41. The van der Waals surface area contributed by atoms with Crippen LogP contribution in [-0.4, -0.2) is 29.2 Å². The van der Waals surface area contributed by atoms with Crippen LogP contribution in [0.25, 0.3) is 11.0 Å². The Balaban J connectivity index is 2.03. The van der Waals surface area contributed by atoms with Crippen molar-refractivity contribution in [3.63, 3.8) is 0 Å². The molecule has 1 aliphatic rings. The van der Waals surface area contributed by atoms with Gasteiger partial charge < -0.3 is 20.8 Å². The minimum absolute atomic E-state index is 0.421. The zero-order valence-corrected chi connectivity index (χ0v) is 12.1. The Labute approximate surface area is 123 Å². The van der Waals surface area contributed by atoms with Crippen molar-refractivity contribution in [2.24, 2.45) is 5.73 Å². The zero-order valence-electron chi connectivity index (χ0n) is 12.1. The van der Waals surface area contributed by atoms with E-state index in [0.29, 0.717) is 17.2 Å². The molecule has 2 aromatic rings. The van der Waals surface area contributed by atoms with Crippen LogP contribution < -0.4 is 15.8 Å². The Hall–Kier alpha value is -2.08. The van der Waals surface area contributed by atoms with Gasteiger partial charge in [0.2, 0.25) is 0 Å². The number of aromatic amines is 1. The molecule has 0 bridgehead atoms. The molecule has 6 nitrogen and oxygen atoms in total. The van der Waals surface area contributed by atoms with Gasteiger partial charge in [-0.2, -0.15) is 0 Å². The quantitative estimate of drug-likeness (QED) is 0.806. The Kier molecular flexibility index (Phi) is 3.79. The second-order valence-corrected chi connectivity index (χ2v) is 5.41. The summed E-state index contributed by atoms with van der Waals surface area (Å²) in [6.45, 7) is 4.07. The average Bonchev–Trinajstić information content (AvgIpc) is 2.91. The normalized spacial score (nSPS) is 16.2. The number of nitrogens with one attached hydrogen (secondary N) is 2. The van der Waals surface area contributed by atoms with Crippen molar-refractivity contribution in [2.75, 3.05) is 13.1 Å². The minimum Gasteiger partial charge on any atom is -0.408 e. The summed E-state index contributed by atoms with van der Waals surface area (Å²) in [5.41, 5.74) is 7.81. The lowest BCUT2D eigenvalue weighted by atomic mass is 9.98. The number of piperidine rings is 1. The van der Waals surface area contributed by atoms with E-state index < -0.39 is 6.09 Å². The monoisotopic (exact) mass is 288 g/mol. The summed E-state index contributed by atoms with van der Waals surface area (Å²) >= 11 is 0. The van der Waals surface area contributed by atoms with Crippen LogP contribution in [0.1, 0.15) is 37.1 Å². The molecule has 0 unspecified atom stereocenters. The molecule has 1 fully saturated rings.